The first kappa shape index (κ1) is 22.9. The highest BCUT2D eigenvalue weighted by atomic mass is 19.4. The maximum absolute atomic E-state index is 12.8. The van der Waals surface area contributed by atoms with Crippen LogP contribution in [0, 0.1) is 0 Å². The minimum atomic E-state index is -4.63. The monoisotopic (exact) mass is 466 g/mol. The Labute approximate surface area is 186 Å². The molecule has 1 aliphatic rings. The number of methoxy groups -OCH3 is 1. The lowest BCUT2D eigenvalue weighted by atomic mass is 9.98. The van der Waals surface area contributed by atoms with Crippen molar-refractivity contribution in [3.8, 4) is 17.0 Å². The molecule has 2 aromatic heterocycles. The van der Waals surface area contributed by atoms with Crippen LogP contribution >= 0.6 is 0 Å². The number of nitrogens with zero attached hydrogens (tertiary/aromatic N) is 5. The summed E-state index contributed by atoms with van der Waals surface area (Å²) >= 11 is 0. The molecule has 1 fully saturated rings. The Hall–Kier alpha value is -3.29. The minimum Gasteiger partial charge on any atom is -0.497 e. The van der Waals surface area contributed by atoms with Gasteiger partial charge < -0.3 is 25.0 Å². The second-order valence-corrected chi connectivity index (χ2v) is 7.42. The van der Waals surface area contributed by atoms with Gasteiger partial charge in [-0.25, -0.2) is 14.6 Å². The number of ether oxygens (including phenoxy) is 2. The van der Waals surface area contributed by atoms with E-state index in [9.17, 15) is 23.4 Å². The zero-order valence-corrected chi connectivity index (χ0v) is 17.3. The molecule has 3 N–H and O–H groups in total. The van der Waals surface area contributed by atoms with Gasteiger partial charge in [0, 0.05) is 11.8 Å². The molecular weight excluding hydrogens is 445 g/mol. The molecular formula is C20H21F3N6O4. The summed E-state index contributed by atoms with van der Waals surface area (Å²) in [4.78, 5) is 7.14. The summed E-state index contributed by atoms with van der Waals surface area (Å²) in [6, 6.07) is 7.09. The maximum atomic E-state index is 12.8. The van der Waals surface area contributed by atoms with Crippen LogP contribution in [0.3, 0.4) is 0 Å². The normalized spacial score (nSPS) is 23.3. The van der Waals surface area contributed by atoms with Crippen molar-refractivity contribution in [1.29, 1.82) is 0 Å². The number of hydrogen-bond donors (Lipinski definition) is 3. The van der Waals surface area contributed by atoms with Crippen LogP contribution in [0.1, 0.15) is 5.69 Å². The van der Waals surface area contributed by atoms with Crippen LogP contribution in [0.5, 0.6) is 5.75 Å². The molecule has 1 saturated heterocycles. The molecule has 0 bridgehead atoms. The van der Waals surface area contributed by atoms with E-state index >= 15 is 0 Å². The summed E-state index contributed by atoms with van der Waals surface area (Å²) in [5.41, 5.74) is 0.250. The van der Waals surface area contributed by atoms with E-state index in [4.69, 9.17) is 9.47 Å². The first-order valence-electron chi connectivity index (χ1n) is 9.93. The van der Waals surface area contributed by atoms with E-state index in [1.165, 1.54) is 4.68 Å². The SMILES string of the molecule is COc1cccc(-c2cn(C[C@H]3OC[C@H](Nc4nccc(C(F)(F)F)n4)[C@@H](O)[C@H]3O)nn2)c1. The van der Waals surface area contributed by atoms with E-state index in [1.54, 1.807) is 25.4 Å². The van der Waals surface area contributed by atoms with Crippen molar-refractivity contribution >= 4 is 5.95 Å². The van der Waals surface area contributed by atoms with Gasteiger partial charge in [-0.15, -0.1) is 5.10 Å². The Morgan fingerprint density at radius 2 is 2.06 bits per heavy atom. The second kappa shape index (κ2) is 9.29. The van der Waals surface area contributed by atoms with Gasteiger partial charge in [0.1, 0.15) is 35.4 Å². The van der Waals surface area contributed by atoms with Crippen LogP contribution in [0.2, 0.25) is 0 Å². The molecule has 0 unspecified atom stereocenters. The molecule has 1 aromatic carbocycles. The Kier molecular flexibility index (Phi) is 6.44. The van der Waals surface area contributed by atoms with E-state index < -0.39 is 36.2 Å². The maximum Gasteiger partial charge on any atom is 0.433 e. The number of hydrogen-bond acceptors (Lipinski definition) is 9. The fraction of sp³-hybridized carbons (Fsp3) is 0.400. The topological polar surface area (TPSA) is 127 Å². The van der Waals surface area contributed by atoms with Crippen molar-refractivity contribution in [2.45, 2.75) is 37.1 Å². The van der Waals surface area contributed by atoms with Crippen molar-refractivity contribution < 1.29 is 32.9 Å². The van der Waals surface area contributed by atoms with Crippen LogP contribution in [-0.2, 0) is 17.5 Å². The first-order chi connectivity index (χ1) is 15.7. The number of aliphatic hydroxyl groups is 2. The van der Waals surface area contributed by atoms with Crippen LogP contribution in [0.15, 0.2) is 42.7 Å². The highest BCUT2D eigenvalue weighted by Crippen LogP contribution is 2.28. The van der Waals surface area contributed by atoms with Crippen molar-refractivity contribution in [1.82, 2.24) is 25.0 Å². The average molecular weight is 466 g/mol. The van der Waals surface area contributed by atoms with E-state index in [0.717, 1.165) is 17.8 Å². The van der Waals surface area contributed by atoms with E-state index in [-0.39, 0.29) is 19.1 Å². The van der Waals surface area contributed by atoms with E-state index in [2.05, 4.69) is 25.6 Å². The van der Waals surface area contributed by atoms with Crippen LogP contribution in [0.25, 0.3) is 11.3 Å². The molecule has 3 aromatic rings. The van der Waals surface area contributed by atoms with Crippen molar-refractivity contribution in [2.24, 2.45) is 0 Å². The summed E-state index contributed by atoms with van der Waals surface area (Å²) in [6.07, 6.45) is -5.52. The lowest BCUT2D eigenvalue weighted by Crippen LogP contribution is -2.56. The third-order valence-electron chi connectivity index (χ3n) is 5.16. The molecule has 3 heterocycles. The van der Waals surface area contributed by atoms with Gasteiger partial charge in [0.25, 0.3) is 0 Å². The number of rotatable bonds is 6. The van der Waals surface area contributed by atoms with Crippen LogP contribution < -0.4 is 10.1 Å². The summed E-state index contributed by atoms with van der Waals surface area (Å²) < 4.78 is 50.8. The van der Waals surface area contributed by atoms with Gasteiger partial charge in [0.15, 0.2) is 0 Å². The molecule has 0 spiro atoms. The van der Waals surface area contributed by atoms with Crippen molar-refractivity contribution in [3.63, 3.8) is 0 Å². The summed E-state index contributed by atoms with van der Waals surface area (Å²) in [5, 5.41) is 31.7. The predicted molar refractivity (Wildman–Crippen MR) is 108 cm³/mol. The van der Waals surface area contributed by atoms with Crippen molar-refractivity contribution in [3.05, 3.63) is 48.4 Å². The molecule has 33 heavy (non-hydrogen) atoms. The molecule has 4 rings (SSSR count). The first-order valence-corrected chi connectivity index (χ1v) is 9.93. The van der Waals surface area contributed by atoms with E-state index in [0.29, 0.717) is 11.4 Å². The van der Waals surface area contributed by atoms with Gasteiger partial charge in [-0.2, -0.15) is 13.2 Å². The fourth-order valence-electron chi connectivity index (χ4n) is 3.41. The molecule has 4 atom stereocenters. The summed E-state index contributed by atoms with van der Waals surface area (Å²) in [5.74, 6) is 0.335. The Bertz CT molecular complexity index is 1100. The average Bonchev–Trinajstić information content (AvgIpc) is 3.27. The van der Waals surface area contributed by atoms with Gasteiger partial charge in [0.2, 0.25) is 5.95 Å². The van der Waals surface area contributed by atoms with Gasteiger partial charge in [0.05, 0.1) is 32.5 Å². The molecule has 10 nitrogen and oxygen atoms in total. The summed E-state index contributed by atoms with van der Waals surface area (Å²) in [7, 11) is 1.56. The lowest BCUT2D eigenvalue weighted by Gasteiger charge is -2.37. The molecule has 0 saturated carbocycles. The molecule has 0 radical (unpaired) electrons. The molecule has 13 heteroatoms. The number of halogens is 3. The number of nitrogens with one attached hydrogen (secondary N) is 1. The highest BCUT2D eigenvalue weighted by molar-refractivity contribution is 5.59. The number of alkyl halides is 3. The molecule has 1 aliphatic heterocycles. The number of aliphatic hydroxyl groups excluding tert-OH is 2. The molecule has 176 valence electrons. The zero-order valence-electron chi connectivity index (χ0n) is 17.3. The smallest absolute Gasteiger partial charge is 0.433 e. The Morgan fingerprint density at radius 1 is 1.24 bits per heavy atom. The van der Waals surface area contributed by atoms with Crippen molar-refractivity contribution in [2.75, 3.05) is 19.0 Å². The van der Waals surface area contributed by atoms with Gasteiger partial charge in [-0.3, -0.25) is 0 Å². The number of anilines is 1. The molecule has 0 amide bonds. The predicted octanol–water partition coefficient (Wildman–Crippen LogP) is 1.36. The van der Waals surface area contributed by atoms with Crippen LogP contribution in [-0.4, -0.2) is 73.2 Å². The Morgan fingerprint density at radius 3 is 2.82 bits per heavy atom. The van der Waals surface area contributed by atoms with Gasteiger partial charge >= 0.3 is 6.18 Å². The number of benzene rings is 1. The minimum absolute atomic E-state index is 0.0973. The third-order valence-corrected chi connectivity index (χ3v) is 5.16. The Balaban J connectivity index is 1.39. The standard InChI is InChI=1S/C20H21F3N6O4/c1-32-12-4-2-3-11(7-12)13-8-29(28-27-13)9-15-18(31)17(30)14(10-33-15)25-19-24-6-5-16(26-19)20(21,22)23/h2-8,14-15,17-18,30-31H,9-10H2,1H3,(H,24,25,26)/t14-,15+,17+,18-/m0/s1. The third kappa shape index (κ3) is 5.21. The van der Waals surface area contributed by atoms with Crippen LogP contribution in [0.4, 0.5) is 19.1 Å². The lowest BCUT2D eigenvalue weighted by molar-refractivity contribution is -0.145. The largest absolute Gasteiger partial charge is 0.497 e. The highest BCUT2D eigenvalue weighted by Gasteiger charge is 2.39. The fourth-order valence-corrected chi connectivity index (χ4v) is 3.41. The molecule has 0 aliphatic carbocycles. The summed E-state index contributed by atoms with van der Waals surface area (Å²) in [6.45, 7) is 0.00190. The van der Waals surface area contributed by atoms with E-state index in [1.807, 2.05) is 12.1 Å². The quantitative estimate of drug-likeness (QED) is 0.493. The van der Waals surface area contributed by atoms with Gasteiger partial charge in [-0.1, -0.05) is 17.3 Å². The number of aromatic nitrogens is 5. The second-order valence-electron chi connectivity index (χ2n) is 7.42. The zero-order chi connectivity index (χ0) is 23.6. The van der Waals surface area contributed by atoms with Gasteiger partial charge in [-0.05, 0) is 18.2 Å².